The summed E-state index contributed by atoms with van der Waals surface area (Å²) in [6.07, 6.45) is 2.07. The van der Waals surface area contributed by atoms with E-state index in [1.165, 1.54) is 12.2 Å². The molecule has 0 bridgehead atoms. The highest BCUT2D eigenvalue weighted by atomic mass is 16.5. The maximum Gasteiger partial charge on any atom is 0.331 e. The van der Waals surface area contributed by atoms with Gasteiger partial charge in [0, 0.05) is 12.2 Å². The highest BCUT2D eigenvalue weighted by molar-refractivity contribution is 5.91. The van der Waals surface area contributed by atoms with Gasteiger partial charge in [-0.2, -0.15) is 0 Å². The number of hydrogen-bond acceptors (Lipinski definition) is 7. The normalized spacial score (nSPS) is 12.6. The Morgan fingerprint density at radius 2 is 1.09 bits per heavy atom. The van der Waals surface area contributed by atoms with E-state index in [9.17, 15) is 14.7 Å². The lowest BCUT2D eigenvalue weighted by atomic mass is 10.1. The summed E-state index contributed by atoms with van der Waals surface area (Å²) >= 11 is 0. The lowest BCUT2D eigenvalue weighted by Gasteiger charge is -2.14. The van der Waals surface area contributed by atoms with Gasteiger partial charge in [0.25, 0.3) is 0 Å². The van der Waals surface area contributed by atoms with Gasteiger partial charge in [0.2, 0.25) is 0 Å². The molecule has 0 aliphatic heterocycles. The van der Waals surface area contributed by atoms with Crippen LogP contribution < -0.4 is 9.47 Å². The van der Waals surface area contributed by atoms with E-state index in [-0.39, 0.29) is 25.2 Å². The third-order valence-corrected chi connectivity index (χ3v) is 4.75. The Hall–Kier alpha value is -3.58. The zero-order valence-electron chi connectivity index (χ0n) is 20.1. The second-order valence-electron chi connectivity index (χ2n) is 7.48. The van der Waals surface area contributed by atoms with Gasteiger partial charge < -0.3 is 24.1 Å². The maximum absolute atomic E-state index is 11.6. The van der Waals surface area contributed by atoms with Crippen molar-refractivity contribution in [3.05, 3.63) is 71.8 Å². The molecule has 0 fully saturated rings. The number of allylic oxidation sites excluding steroid dienone is 2. The average Bonchev–Trinajstić information content (AvgIpc) is 2.82. The van der Waals surface area contributed by atoms with Crippen LogP contribution in [0.3, 0.4) is 0 Å². The van der Waals surface area contributed by atoms with Crippen LogP contribution in [0.4, 0.5) is 0 Å². The molecule has 7 heteroatoms. The number of esters is 2. The minimum atomic E-state index is -0.824. The predicted molar refractivity (Wildman–Crippen MR) is 130 cm³/mol. The molecule has 0 spiro atoms. The number of hydrogen-bond donors (Lipinski definition) is 1. The van der Waals surface area contributed by atoms with Crippen molar-refractivity contribution in [3.8, 4) is 11.5 Å². The summed E-state index contributed by atoms with van der Waals surface area (Å²) in [5.41, 5.74) is 3.33. The van der Waals surface area contributed by atoms with Crippen LogP contribution in [-0.4, -0.2) is 49.6 Å². The second-order valence-corrected chi connectivity index (χ2v) is 7.48. The third-order valence-electron chi connectivity index (χ3n) is 4.75. The number of aliphatic hydroxyl groups excluding tert-OH is 1. The molecule has 182 valence electrons. The van der Waals surface area contributed by atoms with Gasteiger partial charge >= 0.3 is 11.9 Å². The minimum absolute atomic E-state index is 0.0659. The van der Waals surface area contributed by atoms with Crippen molar-refractivity contribution in [2.45, 2.75) is 33.8 Å². The first-order valence-electron chi connectivity index (χ1n) is 11.2. The molecule has 34 heavy (non-hydrogen) atoms. The molecule has 0 saturated carbocycles. The van der Waals surface area contributed by atoms with Gasteiger partial charge in [0.1, 0.15) is 30.8 Å². The van der Waals surface area contributed by atoms with Gasteiger partial charge in [-0.3, -0.25) is 0 Å². The molecule has 7 nitrogen and oxygen atoms in total. The molecule has 0 atom stereocenters. The van der Waals surface area contributed by atoms with Crippen molar-refractivity contribution in [3.63, 3.8) is 0 Å². The first-order valence-corrected chi connectivity index (χ1v) is 11.2. The Kier molecular flexibility index (Phi) is 10.9. The Labute approximate surface area is 200 Å². The summed E-state index contributed by atoms with van der Waals surface area (Å²) in [7, 11) is 0. The summed E-state index contributed by atoms with van der Waals surface area (Å²) in [6.45, 7) is 7.99. The third kappa shape index (κ3) is 9.11. The van der Waals surface area contributed by atoms with E-state index < -0.39 is 6.10 Å². The van der Waals surface area contributed by atoms with Crippen molar-refractivity contribution in [1.82, 2.24) is 0 Å². The summed E-state index contributed by atoms with van der Waals surface area (Å²) < 4.78 is 21.1. The van der Waals surface area contributed by atoms with Crippen molar-refractivity contribution < 1.29 is 33.6 Å². The fraction of sp³-hybridized carbons (Fsp3) is 0.333. The number of rotatable bonds is 12. The Morgan fingerprint density at radius 3 is 1.41 bits per heavy atom. The molecule has 0 amide bonds. The van der Waals surface area contributed by atoms with Gasteiger partial charge in [-0.15, -0.1) is 0 Å². The van der Waals surface area contributed by atoms with E-state index >= 15 is 0 Å². The summed E-state index contributed by atoms with van der Waals surface area (Å²) in [6, 6.07) is 14.4. The van der Waals surface area contributed by atoms with Gasteiger partial charge in [0.15, 0.2) is 0 Å². The molecule has 2 rings (SSSR count). The fourth-order valence-corrected chi connectivity index (χ4v) is 2.95. The molecule has 0 radical (unpaired) electrons. The Bertz CT molecular complexity index is 907. The molecule has 1 N–H and O–H groups in total. The largest absolute Gasteiger partial charge is 0.491 e. The van der Waals surface area contributed by atoms with E-state index in [4.69, 9.17) is 18.9 Å². The molecular weight excluding hydrogens is 436 g/mol. The van der Waals surface area contributed by atoms with Crippen LogP contribution in [0.25, 0.3) is 11.1 Å². The number of carbonyl (C=O) groups is 2. The van der Waals surface area contributed by atoms with Gasteiger partial charge in [-0.25, -0.2) is 9.59 Å². The SMILES string of the molecule is CCOC(=O)/C=C(\C)c1ccc(OCC(O)COc2ccc(/C(C)=C/C(=O)OCC)cc2)cc1. The van der Waals surface area contributed by atoms with E-state index in [2.05, 4.69) is 0 Å². The Balaban J connectivity index is 1.80. The zero-order valence-corrected chi connectivity index (χ0v) is 20.1. The van der Waals surface area contributed by atoms with Crippen molar-refractivity contribution in [1.29, 1.82) is 0 Å². The Morgan fingerprint density at radius 1 is 0.735 bits per heavy atom. The van der Waals surface area contributed by atoms with Crippen molar-refractivity contribution in [2.24, 2.45) is 0 Å². The molecule has 0 unspecified atom stereocenters. The average molecular weight is 469 g/mol. The smallest absolute Gasteiger partial charge is 0.331 e. The number of benzene rings is 2. The monoisotopic (exact) mass is 468 g/mol. The minimum Gasteiger partial charge on any atom is -0.491 e. The van der Waals surface area contributed by atoms with Crippen LogP contribution in [0, 0.1) is 0 Å². The maximum atomic E-state index is 11.6. The van der Waals surface area contributed by atoms with Crippen LogP contribution in [0.5, 0.6) is 11.5 Å². The summed E-state index contributed by atoms with van der Waals surface area (Å²) in [5, 5.41) is 10.2. The highest BCUT2D eigenvalue weighted by Crippen LogP contribution is 2.20. The molecule has 2 aromatic rings. The van der Waals surface area contributed by atoms with Crippen LogP contribution >= 0.6 is 0 Å². The molecule has 2 aromatic carbocycles. The van der Waals surface area contributed by atoms with E-state index in [0.29, 0.717) is 24.7 Å². The standard InChI is InChI=1S/C27H32O7/c1-5-31-26(29)15-19(3)21-7-11-24(12-8-21)33-17-23(28)18-34-25-13-9-22(10-14-25)20(4)16-27(30)32-6-2/h7-16,23,28H,5-6,17-18H2,1-4H3/b19-15+,20-16+. The molecule has 0 aliphatic rings. The number of ether oxygens (including phenoxy) is 4. The lowest BCUT2D eigenvalue weighted by molar-refractivity contribution is -0.138. The van der Waals surface area contributed by atoms with Crippen LogP contribution in [0.15, 0.2) is 60.7 Å². The lowest BCUT2D eigenvalue weighted by Crippen LogP contribution is -2.25. The molecule has 0 aliphatic carbocycles. The quantitative estimate of drug-likeness (QED) is 0.364. The molecule has 0 heterocycles. The number of carbonyl (C=O) groups excluding carboxylic acids is 2. The highest BCUT2D eigenvalue weighted by Gasteiger charge is 2.08. The molecule has 0 aromatic heterocycles. The van der Waals surface area contributed by atoms with E-state index in [0.717, 1.165) is 22.3 Å². The molecular formula is C27H32O7. The first-order chi connectivity index (χ1) is 16.3. The van der Waals surface area contributed by atoms with Crippen LogP contribution in [0.1, 0.15) is 38.8 Å². The van der Waals surface area contributed by atoms with Gasteiger partial charge in [-0.05, 0) is 74.2 Å². The zero-order chi connectivity index (χ0) is 24.9. The van der Waals surface area contributed by atoms with Gasteiger partial charge in [0.05, 0.1) is 13.2 Å². The van der Waals surface area contributed by atoms with Crippen molar-refractivity contribution in [2.75, 3.05) is 26.4 Å². The fourth-order valence-electron chi connectivity index (χ4n) is 2.95. The molecule has 0 saturated heterocycles. The van der Waals surface area contributed by atoms with Crippen LogP contribution in [-0.2, 0) is 19.1 Å². The topological polar surface area (TPSA) is 91.3 Å². The summed E-state index contributed by atoms with van der Waals surface area (Å²) in [4.78, 5) is 23.1. The van der Waals surface area contributed by atoms with E-state index in [1.54, 1.807) is 38.1 Å². The number of aliphatic hydroxyl groups is 1. The van der Waals surface area contributed by atoms with Gasteiger partial charge in [-0.1, -0.05) is 24.3 Å². The summed E-state index contributed by atoms with van der Waals surface area (Å²) in [5.74, 6) is 0.447. The van der Waals surface area contributed by atoms with Crippen LogP contribution in [0.2, 0.25) is 0 Å². The predicted octanol–water partition coefficient (Wildman–Crippen LogP) is 4.44. The first kappa shape index (κ1) is 26.7. The van der Waals surface area contributed by atoms with Crippen molar-refractivity contribution >= 4 is 23.1 Å². The van der Waals surface area contributed by atoms with E-state index in [1.807, 2.05) is 38.1 Å². The second kappa shape index (κ2) is 13.9.